The smallest absolute Gasteiger partial charge is 0.0991 e. The van der Waals surface area contributed by atoms with E-state index in [1.807, 2.05) is 13.1 Å². The molecule has 0 saturated carbocycles. The number of rotatable bonds is 2. The standard InChI is InChI=1S/C10H10N2/c1-3-9-6-8(7-11)4-5-10(9)12-2/h3-6,12H,1H2,2H3. The molecule has 0 heterocycles. The predicted molar refractivity (Wildman–Crippen MR) is 50.8 cm³/mol. The summed E-state index contributed by atoms with van der Waals surface area (Å²) >= 11 is 0. The summed E-state index contributed by atoms with van der Waals surface area (Å²) in [4.78, 5) is 0. The summed E-state index contributed by atoms with van der Waals surface area (Å²) in [6.07, 6.45) is 1.73. The SMILES string of the molecule is C=Cc1cc(C#N)ccc1NC. The van der Waals surface area contributed by atoms with E-state index in [9.17, 15) is 0 Å². The average Bonchev–Trinajstić information content (AvgIpc) is 2.16. The monoisotopic (exact) mass is 158 g/mol. The third-order valence-corrected chi connectivity index (χ3v) is 1.67. The van der Waals surface area contributed by atoms with Crippen molar-refractivity contribution in [2.75, 3.05) is 12.4 Å². The van der Waals surface area contributed by atoms with Crippen LogP contribution in [0.1, 0.15) is 11.1 Å². The van der Waals surface area contributed by atoms with Crippen molar-refractivity contribution in [2.45, 2.75) is 0 Å². The maximum Gasteiger partial charge on any atom is 0.0991 e. The molecule has 0 aliphatic rings. The normalized spacial score (nSPS) is 8.67. The third-order valence-electron chi connectivity index (χ3n) is 1.67. The predicted octanol–water partition coefficient (Wildman–Crippen LogP) is 2.24. The molecule has 0 fully saturated rings. The van der Waals surface area contributed by atoms with Crippen LogP contribution in [0, 0.1) is 11.3 Å². The van der Waals surface area contributed by atoms with Crippen LogP contribution in [-0.4, -0.2) is 7.05 Å². The lowest BCUT2D eigenvalue weighted by molar-refractivity contribution is 1.45. The van der Waals surface area contributed by atoms with Crippen molar-refractivity contribution in [3.8, 4) is 6.07 Å². The molecule has 0 spiro atoms. The molecule has 60 valence electrons. The number of nitrogens with one attached hydrogen (secondary N) is 1. The van der Waals surface area contributed by atoms with Crippen molar-refractivity contribution in [1.29, 1.82) is 5.26 Å². The van der Waals surface area contributed by atoms with Crippen molar-refractivity contribution in [2.24, 2.45) is 0 Å². The zero-order chi connectivity index (χ0) is 8.97. The minimum Gasteiger partial charge on any atom is -0.388 e. The lowest BCUT2D eigenvalue weighted by atomic mass is 10.1. The minimum absolute atomic E-state index is 0.656. The van der Waals surface area contributed by atoms with Gasteiger partial charge in [0.2, 0.25) is 0 Å². The van der Waals surface area contributed by atoms with E-state index in [0.29, 0.717) is 5.56 Å². The molecule has 0 amide bonds. The van der Waals surface area contributed by atoms with Crippen molar-refractivity contribution in [3.63, 3.8) is 0 Å². The van der Waals surface area contributed by atoms with Gasteiger partial charge in [0.15, 0.2) is 0 Å². The highest BCUT2D eigenvalue weighted by atomic mass is 14.8. The molecule has 0 saturated heterocycles. The third kappa shape index (κ3) is 1.46. The second kappa shape index (κ2) is 3.59. The zero-order valence-corrected chi connectivity index (χ0v) is 6.96. The summed E-state index contributed by atoms with van der Waals surface area (Å²) in [5.74, 6) is 0. The van der Waals surface area contributed by atoms with Crippen LogP contribution >= 0.6 is 0 Å². The molecule has 0 atom stereocenters. The first kappa shape index (κ1) is 8.35. The van der Waals surface area contributed by atoms with Gasteiger partial charge in [-0.15, -0.1) is 0 Å². The Morgan fingerprint density at radius 3 is 2.83 bits per heavy atom. The maximum atomic E-state index is 8.62. The molecular weight excluding hydrogens is 148 g/mol. The Labute approximate surface area is 72.1 Å². The number of nitrogens with zero attached hydrogens (tertiary/aromatic N) is 1. The summed E-state index contributed by atoms with van der Waals surface area (Å²) < 4.78 is 0. The number of benzene rings is 1. The fourth-order valence-electron chi connectivity index (χ4n) is 1.03. The quantitative estimate of drug-likeness (QED) is 0.716. The van der Waals surface area contributed by atoms with Gasteiger partial charge in [-0.1, -0.05) is 12.7 Å². The molecule has 12 heavy (non-hydrogen) atoms. The summed E-state index contributed by atoms with van der Waals surface area (Å²) in [6, 6.07) is 7.53. The molecule has 0 aliphatic heterocycles. The fraction of sp³-hybridized carbons (Fsp3) is 0.100. The van der Waals surface area contributed by atoms with Crippen LogP contribution in [0.3, 0.4) is 0 Å². The lowest BCUT2D eigenvalue weighted by Crippen LogP contribution is -1.91. The fourth-order valence-corrected chi connectivity index (χ4v) is 1.03. The van der Waals surface area contributed by atoms with Gasteiger partial charge >= 0.3 is 0 Å². The zero-order valence-electron chi connectivity index (χ0n) is 6.96. The summed E-state index contributed by atoms with van der Waals surface area (Å²) in [7, 11) is 1.84. The highest BCUT2D eigenvalue weighted by molar-refractivity contribution is 5.67. The van der Waals surface area contributed by atoms with E-state index in [-0.39, 0.29) is 0 Å². The molecule has 2 nitrogen and oxygen atoms in total. The van der Waals surface area contributed by atoms with Gasteiger partial charge in [-0.2, -0.15) is 5.26 Å². The Kier molecular flexibility index (Phi) is 2.49. The number of anilines is 1. The van der Waals surface area contributed by atoms with Crippen molar-refractivity contribution >= 4 is 11.8 Å². The second-order valence-electron chi connectivity index (χ2n) is 2.37. The summed E-state index contributed by atoms with van der Waals surface area (Å²) in [5, 5.41) is 11.6. The van der Waals surface area contributed by atoms with Gasteiger partial charge in [-0.3, -0.25) is 0 Å². The molecule has 0 aliphatic carbocycles. The van der Waals surface area contributed by atoms with Crippen LogP contribution in [0.5, 0.6) is 0 Å². The Morgan fingerprint density at radius 2 is 2.33 bits per heavy atom. The molecule has 1 aromatic carbocycles. The average molecular weight is 158 g/mol. The first-order chi connectivity index (χ1) is 5.81. The number of nitriles is 1. The topological polar surface area (TPSA) is 35.8 Å². The molecule has 0 aromatic heterocycles. The lowest BCUT2D eigenvalue weighted by Gasteiger charge is -2.04. The van der Waals surface area contributed by atoms with Gasteiger partial charge in [0.05, 0.1) is 11.6 Å². The van der Waals surface area contributed by atoms with E-state index in [0.717, 1.165) is 11.3 Å². The van der Waals surface area contributed by atoms with Gasteiger partial charge in [-0.05, 0) is 23.8 Å². The summed E-state index contributed by atoms with van der Waals surface area (Å²) in [6.45, 7) is 3.67. The highest BCUT2D eigenvalue weighted by Crippen LogP contribution is 2.17. The Bertz CT molecular complexity index is 334. The molecule has 0 unspecified atom stereocenters. The van der Waals surface area contributed by atoms with Crippen LogP contribution in [0.4, 0.5) is 5.69 Å². The number of hydrogen-bond acceptors (Lipinski definition) is 2. The van der Waals surface area contributed by atoms with Gasteiger partial charge in [0.25, 0.3) is 0 Å². The van der Waals surface area contributed by atoms with Crippen LogP contribution < -0.4 is 5.32 Å². The second-order valence-corrected chi connectivity index (χ2v) is 2.37. The van der Waals surface area contributed by atoms with Crippen molar-refractivity contribution in [1.82, 2.24) is 0 Å². The van der Waals surface area contributed by atoms with Crippen molar-refractivity contribution in [3.05, 3.63) is 35.9 Å². The minimum atomic E-state index is 0.656. The van der Waals surface area contributed by atoms with E-state index in [1.54, 1.807) is 18.2 Å². The van der Waals surface area contributed by atoms with E-state index >= 15 is 0 Å². The van der Waals surface area contributed by atoms with Crippen LogP contribution in [-0.2, 0) is 0 Å². The largest absolute Gasteiger partial charge is 0.388 e. The van der Waals surface area contributed by atoms with Gasteiger partial charge in [0, 0.05) is 12.7 Å². The van der Waals surface area contributed by atoms with Crippen molar-refractivity contribution < 1.29 is 0 Å². The number of hydrogen-bond donors (Lipinski definition) is 1. The Hall–Kier alpha value is -1.75. The van der Waals surface area contributed by atoms with Gasteiger partial charge in [0.1, 0.15) is 0 Å². The molecule has 0 bridgehead atoms. The molecule has 1 rings (SSSR count). The van der Waals surface area contributed by atoms with Gasteiger partial charge in [-0.25, -0.2) is 0 Å². The molecular formula is C10H10N2. The van der Waals surface area contributed by atoms with Crippen LogP contribution in [0.15, 0.2) is 24.8 Å². The first-order valence-electron chi connectivity index (χ1n) is 3.66. The summed E-state index contributed by atoms with van der Waals surface area (Å²) in [5.41, 5.74) is 2.60. The Morgan fingerprint density at radius 1 is 1.58 bits per heavy atom. The Balaban J connectivity index is 3.21. The molecule has 2 heteroatoms. The molecule has 1 aromatic rings. The van der Waals surface area contributed by atoms with Gasteiger partial charge < -0.3 is 5.32 Å². The van der Waals surface area contributed by atoms with Crippen LogP contribution in [0.2, 0.25) is 0 Å². The maximum absolute atomic E-state index is 8.62. The highest BCUT2D eigenvalue weighted by Gasteiger charge is 1.97. The first-order valence-corrected chi connectivity index (χ1v) is 3.66. The van der Waals surface area contributed by atoms with E-state index in [4.69, 9.17) is 5.26 Å². The van der Waals surface area contributed by atoms with E-state index in [2.05, 4.69) is 18.0 Å². The van der Waals surface area contributed by atoms with E-state index in [1.165, 1.54) is 0 Å². The van der Waals surface area contributed by atoms with Crippen LogP contribution in [0.25, 0.3) is 6.08 Å². The van der Waals surface area contributed by atoms with E-state index < -0.39 is 0 Å². The molecule has 0 radical (unpaired) electrons. The molecule has 1 N–H and O–H groups in total.